The summed E-state index contributed by atoms with van der Waals surface area (Å²) in [6.07, 6.45) is 0. The molecule has 0 saturated heterocycles. The molecule has 0 spiro atoms. The largest absolute Gasteiger partial charge is 0.497 e. The Hall–Kier alpha value is -3.58. The number of aromatic nitrogens is 3. The molecule has 4 aromatic rings. The molecule has 1 aromatic heterocycles. The molecule has 0 aliphatic carbocycles. The van der Waals surface area contributed by atoms with Crippen LogP contribution in [0.2, 0.25) is 0 Å². The molecule has 0 fully saturated rings. The number of rotatable bonds is 8. The Kier molecular flexibility index (Phi) is 7.33. The molecule has 0 atom stereocenters. The van der Waals surface area contributed by atoms with Crippen LogP contribution in [0, 0.1) is 0 Å². The Morgan fingerprint density at radius 3 is 2.29 bits per heavy atom. The highest BCUT2D eigenvalue weighted by atomic mass is 32.2. The van der Waals surface area contributed by atoms with E-state index in [0.29, 0.717) is 17.2 Å². The molecular formula is C27H27N3O3S. The minimum absolute atomic E-state index is 0.339. The van der Waals surface area contributed by atoms with E-state index in [0.717, 1.165) is 33.5 Å². The molecule has 174 valence electrons. The van der Waals surface area contributed by atoms with Gasteiger partial charge in [0.2, 0.25) is 0 Å². The monoisotopic (exact) mass is 473 g/mol. The molecule has 0 radical (unpaired) electrons. The van der Waals surface area contributed by atoms with Crippen LogP contribution in [0.5, 0.6) is 5.75 Å². The molecule has 0 unspecified atom stereocenters. The maximum absolute atomic E-state index is 11.7. The number of carbonyl (C=O) groups is 1. The molecule has 34 heavy (non-hydrogen) atoms. The molecule has 0 bridgehead atoms. The van der Waals surface area contributed by atoms with Gasteiger partial charge in [-0.1, -0.05) is 55.9 Å². The summed E-state index contributed by atoms with van der Waals surface area (Å²) in [5, 5.41) is 9.93. The molecule has 1 heterocycles. The predicted octanol–water partition coefficient (Wildman–Crippen LogP) is 6.15. The Labute approximate surface area is 203 Å². The van der Waals surface area contributed by atoms with Crippen molar-refractivity contribution in [3.05, 3.63) is 89.5 Å². The van der Waals surface area contributed by atoms with E-state index in [-0.39, 0.29) is 5.97 Å². The van der Waals surface area contributed by atoms with E-state index in [1.165, 1.54) is 12.7 Å². The number of methoxy groups -OCH3 is 2. The molecule has 0 aliphatic heterocycles. The topological polar surface area (TPSA) is 66.2 Å². The molecular weight excluding hydrogens is 446 g/mol. The zero-order valence-electron chi connectivity index (χ0n) is 19.7. The van der Waals surface area contributed by atoms with Gasteiger partial charge in [-0.15, -0.1) is 10.2 Å². The summed E-state index contributed by atoms with van der Waals surface area (Å²) in [5.41, 5.74) is 4.86. The lowest BCUT2D eigenvalue weighted by Crippen LogP contribution is -2.05. The van der Waals surface area contributed by atoms with Gasteiger partial charge in [-0.25, -0.2) is 4.79 Å². The van der Waals surface area contributed by atoms with Crippen molar-refractivity contribution in [1.29, 1.82) is 0 Å². The Balaban J connectivity index is 1.71. The number of para-hydroxylation sites is 1. The second kappa shape index (κ2) is 10.6. The van der Waals surface area contributed by atoms with E-state index >= 15 is 0 Å². The van der Waals surface area contributed by atoms with E-state index in [1.54, 1.807) is 31.0 Å². The summed E-state index contributed by atoms with van der Waals surface area (Å²) in [4.78, 5) is 11.7. The van der Waals surface area contributed by atoms with Crippen LogP contribution in [0.15, 0.2) is 78.0 Å². The van der Waals surface area contributed by atoms with Crippen molar-refractivity contribution in [3.8, 4) is 22.8 Å². The summed E-state index contributed by atoms with van der Waals surface area (Å²) < 4.78 is 12.2. The highest BCUT2D eigenvalue weighted by molar-refractivity contribution is 7.98. The molecule has 0 saturated carbocycles. The number of carbonyl (C=O) groups excluding carboxylic acids is 1. The van der Waals surface area contributed by atoms with Crippen molar-refractivity contribution in [2.24, 2.45) is 0 Å². The van der Waals surface area contributed by atoms with Gasteiger partial charge in [-0.2, -0.15) is 0 Å². The van der Waals surface area contributed by atoms with Crippen molar-refractivity contribution in [2.45, 2.75) is 30.7 Å². The van der Waals surface area contributed by atoms with E-state index in [1.807, 2.05) is 42.5 Å². The smallest absolute Gasteiger partial charge is 0.337 e. The Morgan fingerprint density at radius 2 is 1.65 bits per heavy atom. The SMILES string of the molecule is COC(=O)c1ccc(CSc2nnc(-c3ccc(OC)cc3)n2-c2ccccc2C(C)C)cc1. The molecule has 6 nitrogen and oxygen atoms in total. The van der Waals surface area contributed by atoms with E-state index < -0.39 is 0 Å². The minimum Gasteiger partial charge on any atom is -0.497 e. The zero-order valence-corrected chi connectivity index (χ0v) is 20.5. The van der Waals surface area contributed by atoms with E-state index in [9.17, 15) is 4.79 Å². The van der Waals surface area contributed by atoms with Crippen LogP contribution in [0.1, 0.15) is 41.3 Å². The average molecular weight is 474 g/mol. The van der Waals surface area contributed by atoms with E-state index in [2.05, 4.69) is 46.8 Å². The third-order valence-electron chi connectivity index (χ3n) is 5.52. The molecule has 3 aromatic carbocycles. The molecule has 7 heteroatoms. The lowest BCUT2D eigenvalue weighted by molar-refractivity contribution is 0.0600. The van der Waals surface area contributed by atoms with Crippen molar-refractivity contribution < 1.29 is 14.3 Å². The number of hydrogen-bond acceptors (Lipinski definition) is 6. The maximum Gasteiger partial charge on any atom is 0.337 e. The maximum atomic E-state index is 11.7. The van der Waals surface area contributed by atoms with Gasteiger partial charge < -0.3 is 9.47 Å². The van der Waals surface area contributed by atoms with E-state index in [4.69, 9.17) is 9.47 Å². The first-order chi connectivity index (χ1) is 16.5. The highest BCUT2D eigenvalue weighted by Crippen LogP contribution is 2.33. The molecule has 0 N–H and O–H groups in total. The standard InChI is InChI=1S/C27H27N3O3S/c1-18(2)23-7-5-6-8-24(23)30-25(20-13-15-22(32-3)16-14-20)28-29-27(30)34-17-19-9-11-21(12-10-19)26(31)33-4/h5-16,18H,17H2,1-4H3. The summed E-state index contributed by atoms with van der Waals surface area (Å²) in [5.74, 6) is 2.26. The molecule has 0 aliphatic rings. The third kappa shape index (κ3) is 4.99. The van der Waals surface area contributed by atoms with Crippen LogP contribution in [-0.2, 0) is 10.5 Å². The first-order valence-corrected chi connectivity index (χ1v) is 12.0. The van der Waals surface area contributed by atoms with Crippen LogP contribution in [0.3, 0.4) is 0 Å². The van der Waals surface area contributed by atoms with Gasteiger partial charge in [0.05, 0.1) is 25.5 Å². The van der Waals surface area contributed by atoms with Gasteiger partial charge in [0.25, 0.3) is 0 Å². The second-order valence-corrected chi connectivity index (χ2v) is 9.00. The van der Waals surface area contributed by atoms with Gasteiger partial charge in [0, 0.05) is 11.3 Å². The summed E-state index contributed by atoms with van der Waals surface area (Å²) in [6.45, 7) is 4.37. The van der Waals surface area contributed by atoms with Crippen molar-refractivity contribution in [3.63, 3.8) is 0 Å². The fourth-order valence-corrected chi connectivity index (χ4v) is 4.59. The van der Waals surface area contributed by atoms with Crippen molar-refractivity contribution in [2.75, 3.05) is 14.2 Å². The van der Waals surface area contributed by atoms with Crippen LogP contribution in [0.4, 0.5) is 0 Å². The number of nitrogens with zero attached hydrogens (tertiary/aromatic N) is 3. The summed E-state index contributed by atoms with van der Waals surface area (Å²) in [7, 11) is 3.04. The van der Waals surface area contributed by atoms with Crippen molar-refractivity contribution in [1.82, 2.24) is 14.8 Å². The summed E-state index contributed by atoms with van der Waals surface area (Å²) >= 11 is 1.61. The number of esters is 1. The number of ether oxygens (including phenoxy) is 2. The number of thioether (sulfide) groups is 1. The average Bonchev–Trinajstić information content (AvgIpc) is 3.31. The third-order valence-corrected chi connectivity index (χ3v) is 6.52. The number of hydrogen-bond donors (Lipinski definition) is 0. The van der Waals surface area contributed by atoms with Crippen LogP contribution in [0.25, 0.3) is 17.1 Å². The Morgan fingerprint density at radius 1 is 0.941 bits per heavy atom. The molecule has 4 rings (SSSR count). The Bertz CT molecular complexity index is 1270. The lowest BCUT2D eigenvalue weighted by atomic mass is 10.0. The van der Waals surface area contributed by atoms with Crippen LogP contribution in [-0.4, -0.2) is 35.0 Å². The first-order valence-electron chi connectivity index (χ1n) is 11.0. The highest BCUT2D eigenvalue weighted by Gasteiger charge is 2.19. The minimum atomic E-state index is -0.339. The normalized spacial score (nSPS) is 11.0. The van der Waals surface area contributed by atoms with Gasteiger partial charge in [-0.05, 0) is 59.5 Å². The predicted molar refractivity (Wildman–Crippen MR) is 135 cm³/mol. The van der Waals surface area contributed by atoms with Crippen molar-refractivity contribution >= 4 is 17.7 Å². The zero-order chi connectivity index (χ0) is 24.1. The van der Waals surface area contributed by atoms with Gasteiger partial charge in [0.1, 0.15) is 5.75 Å². The quantitative estimate of drug-likeness (QED) is 0.226. The fraction of sp³-hybridized carbons (Fsp3) is 0.222. The van der Waals surface area contributed by atoms with Gasteiger partial charge in [-0.3, -0.25) is 4.57 Å². The van der Waals surface area contributed by atoms with Gasteiger partial charge in [0.15, 0.2) is 11.0 Å². The number of benzene rings is 3. The molecule has 0 amide bonds. The second-order valence-electron chi connectivity index (χ2n) is 8.06. The van der Waals surface area contributed by atoms with Crippen LogP contribution >= 0.6 is 11.8 Å². The van der Waals surface area contributed by atoms with Gasteiger partial charge >= 0.3 is 5.97 Å². The summed E-state index contributed by atoms with van der Waals surface area (Å²) in [6, 6.07) is 23.7. The fourth-order valence-electron chi connectivity index (χ4n) is 3.69. The first kappa shape index (κ1) is 23.6. The lowest BCUT2D eigenvalue weighted by Gasteiger charge is -2.17. The van der Waals surface area contributed by atoms with Crippen LogP contribution < -0.4 is 4.74 Å².